The number of nitrogens with zero attached hydrogens (tertiary/aromatic N) is 1. The quantitative estimate of drug-likeness (QED) is 0.827. The first-order chi connectivity index (χ1) is 7.52. The molecule has 1 heterocycles. The maximum atomic E-state index is 11.6. The first-order valence-electron chi connectivity index (χ1n) is 5.31. The Morgan fingerprint density at radius 2 is 2.25 bits per heavy atom. The van der Waals surface area contributed by atoms with Crippen LogP contribution >= 0.6 is 22.9 Å². The number of carbonyl (C=O) groups is 1. The highest BCUT2D eigenvalue weighted by atomic mass is 35.5. The van der Waals surface area contributed by atoms with Gasteiger partial charge in [-0.25, -0.2) is 4.98 Å². The molecule has 0 aliphatic carbocycles. The van der Waals surface area contributed by atoms with Crippen LogP contribution in [0, 0.1) is 5.92 Å². The summed E-state index contributed by atoms with van der Waals surface area (Å²) in [7, 11) is 0. The SMILES string of the molecule is CC(C)C(C)NC(=O)Cc1nc(CCl)cs1. The molecule has 1 rings (SSSR count). The van der Waals surface area contributed by atoms with Gasteiger partial charge in [-0.3, -0.25) is 4.79 Å². The Bertz CT molecular complexity index is 352. The van der Waals surface area contributed by atoms with Gasteiger partial charge in [0.15, 0.2) is 0 Å². The summed E-state index contributed by atoms with van der Waals surface area (Å²) >= 11 is 7.13. The second kappa shape index (κ2) is 6.21. The predicted octanol–water partition coefficient (Wildman–Crippen LogP) is 2.59. The summed E-state index contributed by atoms with van der Waals surface area (Å²) < 4.78 is 0. The minimum atomic E-state index is 0.0247. The number of nitrogens with one attached hydrogen (secondary N) is 1. The number of hydrogen-bond acceptors (Lipinski definition) is 3. The molecule has 0 aromatic carbocycles. The highest BCUT2D eigenvalue weighted by Crippen LogP contribution is 2.12. The van der Waals surface area contributed by atoms with E-state index >= 15 is 0 Å². The molecule has 0 saturated carbocycles. The van der Waals surface area contributed by atoms with Crippen LogP contribution < -0.4 is 5.32 Å². The van der Waals surface area contributed by atoms with Crippen molar-refractivity contribution in [1.82, 2.24) is 10.3 Å². The van der Waals surface area contributed by atoms with Gasteiger partial charge in [-0.1, -0.05) is 13.8 Å². The standard InChI is InChI=1S/C11H17ClN2OS/c1-7(2)8(3)13-10(15)4-11-14-9(5-12)6-16-11/h6-8H,4-5H2,1-3H3,(H,13,15). The Kier molecular flexibility index (Phi) is 5.22. The van der Waals surface area contributed by atoms with Crippen LogP contribution in [-0.2, 0) is 17.1 Å². The van der Waals surface area contributed by atoms with Crippen molar-refractivity contribution in [3.63, 3.8) is 0 Å². The van der Waals surface area contributed by atoms with Crippen molar-refractivity contribution in [3.8, 4) is 0 Å². The fourth-order valence-electron chi connectivity index (χ4n) is 1.10. The van der Waals surface area contributed by atoms with Crippen LogP contribution in [0.1, 0.15) is 31.5 Å². The van der Waals surface area contributed by atoms with E-state index in [9.17, 15) is 4.79 Å². The number of amides is 1. The summed E-state index contributed by atoms with van der Waals surface area (Å²) in [4.78, 5) is 15.9. The third-order valence-corrected chi connectivity index (χ3v) is 3.61. The first-order valence-corrected chi connectivity index (χ1v) is 6.73. The van der Waals surface area contributed by atoms with E-state index in [-0.39, 0.29) is 11.9 Å². The van der Waals surface area contributed by atoms with E-state index in [1.807, 2.05) is 12.3 Å². The number of aromatic nitrogens is 1. The molecular formula is C11H17ClN2OS. The molecule has 3 nitrogen and oxygen atoms in total. The minimum Gasteiger partial charge on any atom is -0.353 e. The zero-order valence-electron chi connectivity index (χ0n) is 9.79. The Balaban J connectivity index is 2.45. The number of thiazole rings is 1. The van der Waals surface area contributed by atoms with Gasteiger partial charge in [0.2, 0.25) is 5.91 Å². The molecule has 0 aliphatic rings. The molecule has 1 amide bonds. The molecule has 0 spiro atoms. The third-order valence-electron chi connectivity index (χ3n) is 2.44. The molecule has 0 fully saturated rings. The molecule has 90 valence electrons. The number of rotatable bonds is 5. The molecule has 0 aliphatic heterocycles. The minimum absolute atomic E-state index is 0.0247. The van der Waals surface area contributed by atoms with Crippen LogP contribution in [0.25, 0.3) is 0 Å². The van der Waals surface area contributed by atoms with Crippen LogP contribution in [0.5, 0.6) is 0 Å². The fourth-order valence-corrected chi connectivity index (χ4v) is 2.12. The van der Waals surface area contributed by atoms with Gasteiger partial charge in [-0.05, 0) is 12.8 Å². The summed E-state index contributed by atoms with van der Waals surface area (Å²) in [6.07, 6.45) is 0.346. The van der Waals surface area contributed by atoms with Gasteiger partial charge in [0.25, 0.3) is 0 Å². The lowest BCUT2D eigenvalue weighted by Gasteiger charge is -2.16. The van der Waals surface area contributed by atoms with Crippen LogP contribution in [-0.4, -0.2) is 16.9 Å². The van der Waals surface area contributed by atoms with Crippen molar-refractivity contribution in [2.45, 2.75) is 39.1 Å². The van der Waals surface area contributed by atoms with Crippen LogP contribution in [0.3, 0.4) is 0 Å². The second-order valence-corrected chi connectivity index (χ2v) is 5.35. The van der Waals surface area contributed by atoms with Crippen molar-refractivity contribution in [3.05, 3.63) is 16.1 Å². The highest BCUT2D eigenvalue weighted by Gasteiger charge is 2.12. The van der Waals surface area contributed by atoms with Gasteiger partial charge in [0.1, 0.15) is 5.01 Å². The Morgan fingerprint density at radius 3 is 2.75 bits per heavy atom. The molecule has 0 radical (unpaired) electrons. The smallest absolute Gasteiger partial charge is 0.227 e. The van der Waals surface area contributed by atoms with Crippen molar-refractivity contribution >= 4 is 28.8 Å². The maximum Gasteiger partial charge on any atom is 0.227 e. The van der Waals surface area contributed by atoms with E-state index in [1.54, 1.807) is 0 Å². The molecule has 1 unspecified atom stereocenters. The van der Waals surface area contributed by atoms with Crippen molar-refractivity contribution in [2.24, 2.45) is 5.92 Å². The van der Waals surface area contributed by atoms with E-state index in [0.717, 1.165) is 10.7 Å². The normalized spacial score (nSPS) is 12.8. The van der Waals surface area contributed by atoms with E-state index in [1.165, 1.54) is 11.3 Å². The average molecular weight is 261 g/mol. The number of halogens is 1. The molecular weight excluding hydrogens is 244 g/mol. The molecule has 0 saturated heterocycles. The van der Waals surface area contributed by atoms with E-state index in [4.69, 9.17) is 11.6 Å². The molecule has 16 heavy (non-hydrogen) atoms. The van der Waals surface area contributed by atoms with Gasteiger partial charge in [0.05, 0.1) is 18.0 Å². The van der Waals surface area contributed by atoms with Gasteiger partial charge < -0.3 is 5.32 Å². The summed E-state index contributed by atoms with van der Waals surface area (Å²) in [5.41, 5.74) is 0.839. The number of carbonyl (C=O) groups excluding carboxylic acids is 1. The topological polar surface area (TPSA) is 42.0 Å². The van der Waals surface area contributed by atoms with Gasteiger partial charge in [0, 0.05) is 11.4 Å². The van der Waals surface area contributed by atoms with Crippen LogP contribution in [0.2, 0.25) is 0 Å². The zero-order chi connectivity index (χ0) is 12.1. The summed E-state index contributed by atoms with van der Waals surface area (Å²) in [5.74, 6) is 0.871. The summed E-state index contributed by atoms with van der Waals surface area (Å²) in [6, 6.07) is 0.194. The molecule has 1 aromatic rings. The van der Waals surface area contributed by atoms with E-state index in [2.05, 4.69) is 24.1 Å². The molecule has 5 heteroatoms. The van der Waals surface area contributed by atoms with Gasteiger partial charge >= 0.3 is 0 Å². The molecule has 1 atom stereocenters. The fraction of sp³-hybridized carbons (Fsp3) is 0.636. The lowest BCUT2D eigenvalue weighted by atomic mass is 10.1. The lowest BCUT2D eigenvalue weighted by molar-refractivity contribution is -0.121. The molecule has 1 N–H and O–H groups in total. The van der Waals surface area contributed by atoms with Crippen molar-refractivity contribution in [1.29, 1.82) is 0 Å². The maximum absolute atomic E-state index is 11.6. The number of hydrogen-bond donors (Lipinski definition) is 1. The Morgan fingerprint density at radius 1 is 1.56 bits per heavy atom. The number of alkyl halides is 1. The summed E-state index contributed by atoms with van der Waals surface area (Å²) in [5, 5.41) is 5.66. The molecule has 1 aromatic heterocycles. The predicted molar refractivity (Wildman–Crippen MR) is 67.8 cm³/mol. The zero-order valence-corrected chi connectivity index (χ0v) is 11.4. The third kappa shape index (κ3) is 4.10. The monoisotopic (exact) mass is 260 g/mol. The van der Waals surface area contributed by atoms with Gasteiger partial charge in [-0.2, -0.15) is 0 Å². The van der Waals surface area contributed by atoms with E-state index in [0.29, 0.717) is 18.2 Å². The van der Waals surface area contributed by atoms with Crippen molar-refractivity contribution in [2.75, 3.05) is 0 Å². The van der Waals surface area contributed by atoms with Gasteiger partial charge in [-0.15, -0.1) is 22.9 Å². The van der Waals surface area contributed by atoms with Crippen LogP contribution in [0.4, 0.5) is 0 Å². The average Bonchev–Trinajstić information content (AvgIpc) is 2.65. The Labute approximate surface area is 105 Å². The largest absolute Gasteiger partial charge is 0.353 e. The molecule has 0 bridgehead atoms. The van der Waals surface area contributed by atoms with Crippen LogP contribution in [0.15, 0.2) is 5.38 Å². The Hall–Kier alpha value is -0.610. The second-order valence-electron chi connectivity index (χ2n) is 4.14. The summed E-state index contributed by atoms with van der Waals surface area (Å²) in [6.45, 7) is 6.18. The highest BCUT2D eigenvalue weighted by molar-refractivity contribution is 7.09. The first kappa shape index (κ1) is 13.5. The van der Waals surface area contributed by atoms with Crippen molar-refractivity contribution < 1.29 is 4.79 Å². The lowest BCUT2D eigenvalue weighted by Crippen LogP contribution is -2.37. The van der Waals surface area contributed by atoms with E-state index < -0.39 is 0 Å².